The normalized spacial score (nSPS) is 17.4. The van der Waals surface area contributed by atoms with Crippen molar-refractivity contribution in [2.45, 2.75) is 43.2 Å². The third kappa shape index (κ3) is 3.94. The molecule has 2 aromatic rings. The average Bonchev–Trinajstić information content (AvgIpc) is 3.24. The summed E-state index contributed by atoms with van der Waals surface area (Å²) in [6.45, 7) is 1.15. The van der Waals surface area contributed by atoms with Crippen LogP contribution >= 0.6 is 12.2 Å². The topological polar surface area (TPSA) is 109 Å². The number of methoxy groups -OCH3 is 1. The molecule has 11 heteroatoms. The van der Waals surface area contributed by atoms with Crippen molar-refractivity contribution in [3.8, 4) is 5.75 Å². The molecule has 0 unspecified atom stereocenters. The molecule has 0 radical (unpaired) electrons. The fourth-order valence-corrected chi connectivity index (χ4v) is 5.52. The molecule has 4 rings (SSSR count). The molecule has 9 nitrogen and oxygen atoms in total. The molecular formula is C18H23N5O4S2. The first-order valence-corrected chi connectivity index (χ1v) is 11.4. The largest absolute Gasteiger partial charge is 0.495 e. The van der Waals surface area contributed by atoms with Crippen molar-refractivity contribution in [2.24, 2.45) is 0 Å². The number of hydrogen-bond acceptors (Lipinski definition) is 6. The maximum atomic E-state index is 13.0. The Kier molecular flexibility index (Phi) is 5.45. The lowest BCUT2D eigenvalue weighted by Gasteiger charge is -2.18. The molecule has 1 aromatic heterocycles. The predicted molar refractivity (Wildman–Crippen MR) is 108 cm³/mol. The first-order valence-electron chi connectivity index (χ1n) is 9.54. The minimum atomic E-state index is -3.72. The second-order valence-electron chi connectivity index (χ2n) is 7.21. The van der Waals surface area contributed by atoms with Crippen LogP contribution in [0.3, 0.4) is 0 Å². The summed E-state index contributed by atoms with van der Waals surface area (Å²) in [6, 6.07) is 4.78. The molecule has 1 amide bonds. The van der Waals surface area contributed by atoms with Crippen molar-refractivity contribution in [3.63, 3.8) is 0 Å². The quantitative estimate of drug-likeness (QED) is 0.641. The highest BCUT2D eigenvalue weighted by atomic mass is 32.2. The Morgan fingerprint density at radius 2 is 2.07 bits per heavy atom. The van der Waals surface area contributed by atoms with E-state index in [4.69, 9.17) is 17.0 Å². The van der Waals surface area contributed by atoms with E-state index in [-0.39, 0.29) is 28.7 Å². The van der Waals surface area contributed by atoms with Gasteiger partial charge in [0, 0.05) is 24.7 Å². The number of sulfonamides is 1. The van der Waals surface area contributed by atoms with Crippen LogP contribution in [0.15, 0.2) is 23.1 Å². The summed E-state index contributed by atoms with van der Waals surface area (Å²) in [4.78, 5) is 12.7. The highest BCUT2D eigenvalue weighted by molar-refractivity contribution is 7.89. The van der Waals surface area contributed by atoms with E-state index in [1.807, 2.05) is 4.57 Å². The highest BCUT2D eigenvalue weighted by Crippen LogP contribution is 2.35. The molecule has 0 bridgehead atoms. The molecule has 2 aliphatic rings. The van der Waals surface area contributed by atoms with Gasteiger partial charge in [-0.25, -0.2) is 8.42 Å². The zero-order valence-electron chi connectivity index (χ0n) is 16.1. The van der Waals surface area contributed by atoms with E-state index in [0.29, 0.717) is 29.7 Å². The number of H-pyrrole nitrogens is 1. The van der Waals surface area contributed by atoms with Crippen LogP contribution in [0, 0.1) is 4.77 Å². The Hall–Kier alpha value is -2.24. The van der Waals surface area contributed by atoms with Crippen molar-refractivity contribution in [2.75, 3.05) is 20.2 Å². The number of carbonyl (C=O) groups excluding carboxylic acids is 1. The Morgan fingerprint density at radius 1 is 1.34 bits per heavy atom. The van der Waals surface area contributed by atoms with E-state index in [9.17, 15) is 13.2 Å². The van der Waals surface area contributed by atoms with Gasteiger partial charge < -0.3 is 10.1 Å². The van der Waals surface area contributed by atoms with Gasteiger partial charge in [-0.2, -0.15) is 9.40 Å². The van der Waals surface area contributed by atoms with Gasteiger partial charge in [-0.3, -0.25) is 14.5 Å². The van der Waals surface area contributed by atoms with Crippen molar-refractivity contribution in [1.29, 1.82) is 0 Å². The molecule has 1 saturated heterocycles. The van der Waals surface area contributed by atoms with Crippen LogP contribution in [-0.2, 0) is 16.6 Å². The summed E-state index contributed by atoms with van der Waals surface area (Å²) >= 11 is 5.25. The Bertz CT molecular complexity index is 1080. The summed E-state index contributed by atoms with van der Waals surface area (Å²) < 4.78 is 35.1. The number of amides is 1. The summed E-state index contributed by atoms with van der Waals surface area (Å²) in [5, 5.41) is 9.75. The summed E-state index contributed by atoms with van der Waals surface area (Å²) in [5.41, 5.74) is 0.246. The standard InChI is InChI=1S/C18H23N5O4S2/c1-27-14-7-4-12(10-15(14)29(25,26)22-8-2-3-9-22)17(24)19-11-16-20-21-18(28)23(16)13-5-6-13/h4,7,10,13H,2-3,5-6,8-9,11H2,1H3,(H,19,24)(H,21,28). The zero-order valence-corrected chi connectivity index (χ0v) is 17.7. The van der Waals surface area contributed by atoms with Crippen molar-refractivity contribution >= 4 is 28.1 Å². The van der Waals surface area contributed by atoms with E-state index in [0.717, 1.165) is 25.7 Å². The zero-order chi connectivity index (χ0) is 20.6. The second kappa shape index (κ2) is 7.88. The van der Waals surface area contributed by atoms with Gasteiger partial charge in [0.15, 0.2) is 10.6 Å². The van der Waals surface area contributed by atoms with Gasteiger partial charge in [0.25, 0.3) is 5.91 Å². The van der Waals surface area contributed by atoms with Crippen molar-refractivity contribution in [1.82, 2.24) is 24.4 Å². The fraction of sp³-hybridized carbons (Fsp3) is 0.500. The third-order valence-corrected chi connectivity index (χ3v) is 7.41. The second-order valence-corrected chi connectivity index (χ2v) is 9.50. The third-order valence-electron chi connectivity index (χ3n) is 5.21. The average molecular weight is 438 g/mol. The molecule has 1 aromatic carbocycles. The van der Waals surface area contributed by atoms with E-state index >= 15 is 0 Å². The van der Waals surface area contributed by atoms with E-state index < -0.39 is 10.0 Å². The fourth-order valence-electron chi connectivity index (χ4n) is 3.52. The smallest absolute Gasteiger partial charge is 0.251 e. The summed E-state index contributed by atoms with van der Waals surface area (Å²) in [6.07, 6.45) is 3.75. The van der Waals surface area contributed by atoms with Gasteiger partial charge in [0.05, 0.1) is 13.7 Å². The van der Waals surface area contributed by atoms with E-state index in [2.05, 4.69) is 15.5 Å². The molecule has 156 valence electrons. The van der Waals surface area contributed by atoms with Gasteiger partial charge >= 0.3 is 0 Å². The maximum Gasteiger partial charge on any atom is 0.251 e. The number of rotatable bonds is 7. The molecule has 0 spiro atoms. The van der Waals surface area contributed by atoms with Gasteiger partial charge in [-0.1, -0.05) is 0 Å². The Balaban J connectivity index is 1.55. The SMILES string of the molecule is COc1ccc(C(=O)NCc2n[nH]c(=S)n2C2CC2)cc1S(=O)(=O)N1CCCC1. The lowest BCUT2D eigenvalue weighted by atomic mass is 10.2. The van der Waals surface area contributed by atoms with Gasteiger partial charge in [-0.05, 0) is 56.1 Å². The molecule has 29 heavy (non-hydrogen) atoms. The molecule has 2 N–H and O–H groups in total. The number of hydrogen-bond donors (Lipinski definition) is 2. The predicted octanol–water partition coefficient (Wildman–Crippen LogP) is 2.00. The van der Waals surface area contributed by atoms with E-state index in [1.165, 1.54) is 23.5 Å². The lowest BCUT2D eigenvalue weighted by Crippen LogP contribution is -2.29. The molecule has 1 aliphatic carbocycles. The minimum Gasteiger partial charge on any atom is -0.495 e. The highest BCUT2D eigenvalue weighted by Gasteiger charge is 2.31. The number of carbonyl (C=O) groups is 1. The lowest BCUT2D eigenvalue weighted by molar-refractivity contribution is 0.0949. The Morgan fingerprint density at radius 3 is 2.72 bits per heavy atom. The molecule has 1 aliphatic heterocycles. The summed E-state index contributed by atoms with van der Waals surface area (Å²) in [7, 11) is -2.30. The monoisotopic (exact) mass is 437 g/mol. The molecule has 1 saturated carbocycles. The number of aromatic nitrogens is 3. The van der Waals surface area contributed by atoms with Crippen LogP contribution in [0.25, 0.3) is 0 Å². The van der Waals surface area contributed by atoms with Crippen molar-refractivity contribution in [3.05, 3.63) is 34.4 Å². The van der Waals surface area contributed by atoms with Crippen LogP contribution in [0.2, 0.25) is 0 Å². The minimum absolute atomic E-state index is 0.00945. The first-order chi connectivity index (χ1) is 13.9. The number of nitrogens with one attached hydrogen (secondary N) is 2. The van der Waals surface area contributed by atoms with E-state index in [1.54, 1.807) is 6.07 Å². The van der Waals surface area contributed by atoms with Crippen LogP contribution in [0.4, 0.5) is 0 Å². The first kappa shape index (κ1) is 20.0. The number of benzene rings is 1. The van der Waals surface area contributed by atoms with Crippen LogP contribution in [-0.4, -0.2) is 53.6 Å². The molecule has 2 fully saturated rings. The van der Waals surface area contributed by atoms with Crippen LogP contribution in [0.5, 0.6) is 5.75 Å². The molecule has 2 heterocycles. The maximum absolute atomic E-state index is 13.0. The molecular weight excluding hydrogens is 414 g/mol. The number of ether oxygens (including phenoxy) is 1. The molecule has 0 atom stereocenters. The van der Waals surface area contributed by atoms with Gasteiger partial charge in [0.1, 0.15) is 10.6 Å². The van der Waals surface area contributed by atoms with Crippen LogP contribution in [0.1, 0.15) is 47.9 Å². The van der Waals surface area contributed by atoms with Gasteiger partial charge in [-0.15, -0.1) is 0 Å². The number of nitrogens with zero attached hydrogens (tertiary/aromatic N) is 3. The van der Waals surface area contributed by atoms with Crippen molar-refractivity contribution < 1.29 is 17.9 Å². The summed E-state index contributed by atoms with van der Waals surface area (Å²) in [5.74, 6) is 0.495. The number of aromatic amines is 1. The Labute approximate surface area is 174 Å². The van der Waals surface area contributed by atoms with Gasteiger partial charge in [0.2, 0.25) is 10.0 Å². The van der Waals surface area contributed by atoms with Crippen LogP contribution < -0.4 is 10.1 Å².